The number of ether oxygens (including phenoxy) is 1. The summed E-state index contributed by atoms with van der Waals surface area (Å²) in [7, 11) is 1.43. The Kier molecular flexibility index (Phi) is 5.13. The highest BCUT2D eigenvalue weighted by molar-refractivity contribution is 14.1. The first-order valence-electron chi connectivity index (χ1n) is 7.48. The Labute approximate surface area is 164 Å². The van der Waals surface area contributed by atoms with Crippen LogP contribution in [-0.4, -0.2) is 24.9 Å². The quantitative estimate of drug-likeness (QED) is 0.567. The molecule has 0 saturated heterocycles. The van der Waals surface area contributed by atoms with Crippen molar-refractivity contribution < 1.29 is 23.0 Å². The van der Waals surface area contributed by atoms with Gasteiger partial charge in [-0.25, -0.2) is 4.79 Å². The Balaban J connectivity index is 1.99. The van der Waals surface area contributed by atoms with Crippen molar-refractivity contribution in [3.05, 3.63) is 61.6 Å². The Bertz CT molecular complexity index is 1050. The Morgan fingerprint density at radius 1 is 1.22 bits per heavy atom. The highest BCUT2D eigenvalue weighted by Gasteiger charge is 2.35. The van der Waals surface area contributed by atoms with Gasteiger partial charge in [0, 0.05) is 16.2 Å². The van der Waals surface area contributed by atoms with E-state index >= 15 is 0 Å². The van der Waals surface area contributed by atoms with E-state index in [4.69, 9.17) is 4.74 Å². The third-order valence-corrected chi connectivity index (χ3v) is 4.70. The molecule has 1 heterocycles. The molecule has 0 aliphatic rings. The lowest BCUT2D eigenvalue weighted by atomic mass is 10.1. The van der Waals surface area contributed by atoms with Crippen molar-refractivity contribution in [1.29, 1.82) is 0 Å². The number of rotatable bonds is 4. The maximum absolute atomic E-state index is 13.2. The molecule has 2 aromatic carbocycles. The fourth-order valence-corrected chi connectivity index (χ4v) is 3.01. The minimum Gasteiger partial charge on any atom is -0.508 e. The third kappa shape index (κ3) is 3.91. The van der Waals surface area contributed by atoms with Gasteiger partial charge in [0.05, 0.1) is 5.69 Å². The standard InChI is InChI=1S/C16H12F3IN4O3/c1-23-15(26)24(22-21-23)13-4-2-3-12(20)10(13)8-27-14-6-5-9(25)7-11(14)16(17,18)19/h2-7,25H,8H2,1H3. The van der Waals surface area contributed by atoms with Crippen molar-refractivity contribution in [2.75, 3.05) is 0 Å². The number of halogens is 4. The highest BCUT2D eigenvalue weighted by Crippen LogP contribution is 2.38. The Morgan fingerprint density at radius 3 is 2.59 bits per heavy atom. The van der Waals surface area contributed by atoms with Gasteiger partial charge in [-0.05, 0) is 63.3 Å². The van der Waals surface area contributed by atoms with Gasteiger partial charge in [0.25, 0.3) is 0 Å². The SMILES string of the molecule is Cn1nnn(-c2cccc(I)c2COc2ccc(O)cc2C(F)(F)F)c1=O. The second kappa shape index (κ2) is 7.21. The molecule has 0 spiro atoms. The maximum Gasteiger partial charge on any atom is 0.420 e. The van der Waals surface area contributed by atoms with Crippen LogP contribution in [0.25, 0.3) is 5.69 Å². The minimum atomic E-state index is -4.69. The lowest BCUT2D eigenvalue weighted by Gasteiger charge is -2.16. The number of aromatic nitrogens is 4. The second-order valence-electron chi connectivity index (χ2n) is 5.50. The molecule has 3 aromatic rings. The van der Waals surface area contributed by atoms with Crippen molar-refractivity contribution in [2.24, 2.45) is 7.05 Å². The third-order valence-electron chi connectivity index (χ3n) is 3.68. The number of aromatic hydroxyl groups is 1. The second-order valence-corrected chi connectivity index (χ2v) is 6.66. The van der Waals surface area contributed by atoms with Gasteiger partial charge >= 0.3 is 11.9 Å². The highest BCUT2D eigenvalue weighted by atomic mass is 127. The van der Waals surface area contributed by atoms with Gasteiger partial charge in [0.2, 0.25) is 0 Å². The predicted octanol–water partition coefficient (Wildman–Crippen LogP) is 2.87. The molecule has 3 rings (SSSR count). The van der Waals surface area contributed by atoms with Gasteiger partial charge in [0.15, 0.2) is 0 Å². The molecule has 0 aliphatic heterocycles. The molecule has 0 radical (unpaired) electrons. The summed E-state index contributed by atoms with van der Waals surface area (Å²) in [5.41, 5.74) is -0.764. The Hall–Kier alpha value is -2.57. The van der Waals surface area contributed by atoms with Crippen molar-refractivity contribution in [1.82, 2.24) is 19.8 Å². The van der Waals surface area contributed by atoms with Crippen LogP contribution in [0.5, 0.6) is 11.5 Å². The molecule has 27 heavy (non-hydrogen) atoms. The van der Waals surface area contributed by atoms with Crippen LogP contribution in [-0.2, 0) is 19.8 Å². The van der Waals surface area contributed by atoms with Gasteiger partial charge in [0.1, 0.15) is 23.7 Å². The molecule has 7 nitrogen and oxygen atoms in total. The van der Waals surface area contributed by atoms with Gasteiger partial charge in [-0.3, -0.25) is 0 Å². The number of aryl methyl sites for hydroxylation is 1. The average molecular weight is 492 g/mol. The molecule has 1 aromatic heterocycles. The molecule has 0 atom stereocenters. The van der Waals surface area contributed by atoms with E-state index in [0.717, 1.165) is 21.5 Å². The number of hydrogen-bond donors (Lipinski definition) is 1. The summed E-state index contributed by atoms with van der Waals surface area (Å²) in [5.74, 6) is -0.951. The number of phenolic OH excluding ortho intramolecular Hbond substituents is 1. The average Bonchev–Trinajstić information content (AvgIpc) is 2.93. The lowest BCUT2D eigenvalue weighted by Crippen LogP contribution is -2.23. The molecule has 0 fully saturated rings. The van der Waals surface area contributed by atoms with Crippen molar-refractivity contribution in [3.63, 3.8) is 0 Å². The van der Waals surface area contributed by atoms with Gasteiger partial charge in [-0.2, -0.15) is 22.5 Å². The monoisotopic (exact) mass is 492 g/mol. The van der Waals surface area contributed by atoms with Crippen LogP contribution >= 0.6 is 22.6 Å². The van der Waals surface area contributed by atoms with E-state index in [0.29, 0.717) is 20.9 Å². The summed E-state index contributed by atoms with van der Waals surface area (Å²) in [5, 5.41) is 16.7. The summed E-state index contributed by atoms with van der Waals surface area (Å²) in [4.78, 5) is 12.1. The summed E-state index contributed by atoms with van der Waals surface area (Å²) in [6.07, 6.45) is -4.69. The molecule has 142 valence electrons. The van der Waals surface area contributed by atoms with Crippen LogP contribution in [0.15, 0.2) is 41.2 Å². The number of phenols is 1. The van der Waals surface area contributed by atoms with E-state index in [1.807, 2.05) is 22.6 Å². The zero-order valence-electron chi connectivity index (χ0n) is 13.7. The van der Waals surface area contributed by atoms with E-state index in [2.05, 4.69) is 10.4 Å². The molecule has 0 saturated carbocycles. The number of nitrogens with zero attached hydrogens (tertiary/aromatic N) is 4. The predicted molar refractivity (Wildman–Crippen MR) is 96.8 cm³/mol. The summed E-state index contributed by atoms with van der Waals surface area (Å²) < 4.78 is 47.7. The molecule has 0 unspecified atom stereocenters. The summed E-state index contributed by atoms with van der Waals surface area (Å²) in [6, 6.07) is 7.75. The lowest BCUT2D eigenvalue weighted by molar-refractivity contribution is -0.139. The summed E-state index contributed by atoms with van der Waals surface area (Å²) in [6.45, 7) is -0.245. The van der Waals surface area contributed by atoms with Crippen LogP contribution < -0.4 is 10.4 Å². The minimum absolute atomic E-state index is 0.245. The van der Waals surface area contributed by atoms with Gasteiger partial charge in [-0.1, -0.05) is 6.07 Å². The van der Waals surface area contributed by atoms with Crippen molar-refractivity contribution in [3.8, 4) is 17.2 Å². The topological polar surface area (TPSA) is 82.2 Å². The number of alkyl halides is 3. The number of benzene rings is 2. The van der Waals surface area contributed by atoms with Gasteiger partial charge in [-0.15, -0.1) is 0 Å². The van der Waals surface area contributed by atoms with Crippen LogP contribution in [0.3, 0.4) is 0 Å². The molecule has 1 N–H and O–H groups in total. The Morgan fingerprint density at radius 2 is 1.96 bits per heavy atom. The van der Waals surface area contributed by atoms with Crippen molar-refractivity contribution in [2.45, 2.75) is 12.8 Å². The maximum atomic E-state index is 13.2. The first kappa shape index (κ1) is 19.2. The van der Waals surface area contributed by atoms with Crippen LogP contribution in [0.2, 0.25) is 0 Å². The molecular formula is C16H12F3IN4O3. The summed E-state index contributed by atoms with van der Waals surface area (Å²) >= 11 is 1.99. The molecule has 0 bridgehead atoms. The van der Waals surface area contributed by atoms with Crippen LogP contribution in [0.4, 0.5) is 13.2 Å². The van der Waals surface area contributed by atoms with Crippen LogP contribution in [0, 0.1) is 3.57 Å². The smallest absolute Gasteiger partial charge is 0.420 e. The van der Waals surface area contributed by atoms with Gasteiger partial charge < -0.3 is 9.84 Å². The van der Waals surface area contributed by atoms with E-state index in [1.54, 1.807) is 18.2 Å². The molecular weight excluding hydrogens is 480 g/mol. The van der Waals surface area contributed by atoms with Crippen LogP contribution in [0.1, 0.15) is 11.1 Å². The molecule has 11 heteroatoms. The first-order valence-corrected chi connectivity index (χ1v) is 8.56. The van der Waals surface area contributed by atoms with E-state index in [9.17, 15) is 23.1 Å². The first-order chi connectivity index (χ1) is 12.7. The number of hydrogen-bond acceptors (Lipinski definition) is 5. The van der Waals surface area contributed by atoms with Crippen molar-refractivity contribution >= 4 is 22.6 Å². The van der Waals surface area contributed by atoms with E-state index < -0.39 is 28.9 Å². The largest absolute Gasteiger partial charge is 0.508 e. The number of tetrazole rings is 1. The normalized spacial score (nSPS) is 11.6. The fourth-order valence-electron chi connectivity index (χ4n) is 2.37. The van der Waals surface area contributed by atoms with E-state index in [-0.39, 0.29) is 6.61 Å². The fraction of sp³-hybridized carbons (Fsp3) is 0.188. The van der Waals surface area contributed by atoms with E-state index in [1.165, 1.54) is 7.05 Å². The zero-order chi connectivity index (χ0) is 19.8. The molecule has 0 amide bonds. The molecule has 0 aliphatic carbocycles. The zero-order valence-corrected chi connectivity index (χ0v) is 15.9.